The van der Waals surface area contributed by atoms with Crippen LogP contribution >= 0.6 is 0 Å². The molecule has 0 aliphatic rings. The zero-order valence-electron chi connectivity index (χ0n) is 13.8. The van der Waals surface area contributed by atoms with E-state index in [9.17, 15) is 9.59 Å². The van der Waals surface area contributed by atoms with Crippen LogP contribution in [0.5, 0.6) is 0 Å². The molecular weight excluding hydrogens is 292 g/mol. The zero-order valence-corrected chi connectivity index (χ0v) is 13.8. The number of esters is 1. The number of benzene rings is 1. The smallest absolute Gasteiger partial charge is 0.310 e. The molecular formula is C18H22N2O3. The van der Waals surface area contributed by atoms with E-state index in [0.717, 1.165) is 22.9 Å². The standard InChI is InChI=1S/C18H22N2O3/c1-4-18(2,3)20-15(21)12-23-16(22)11-14-8-5-7-13-9-6-10-19-17(13)14/h5-10H,4,11-12H2,1-3H3,(H,20,21). The number of hydrogen-bond donors (Lipinski definition) is 1. The lowest BCUT2D eigenvalue weighted by molar-refractivity contribution is -0.148. The number of carbonyl (C=O) groups excluding carboxylic acids is 2. The summed E-state index contributed by atoms with van der Waals surface area (Å²) in [6.45, 7) is 5.57. The molecule has 0 bridgehead atoms. The minimum absolute atomic E-state index is 0.0960. The van der Waals surface area contributed by atoms with E-state index in [2.05, 4.69) is 10.3 Å². The van der Waals surface area contributed by atoms with Crippen LogP contribution in [0.1, 0.15) is 32.8 Å². The number of pyridine rings is 1. The highest BCUT2D eigenvalue weighted by Gasteiger charge is 2.19. The highest BCUT2D eigenvalue weighted by atomic mass is 16.5. The molecule has 5 heteroatoms. The second-order valence-corrected chi connectivity index (χ2v) is 6.12. The van der Waals surface area contributed by atoms with Gasteiger partial charge in [0.15, 0.2) is 6.61 Å². The van der Waals surface area contributed by atoms with Gasteiger partial charge in [0.2, 0.25) is 0 Å². The van der Waals surface area contributed by atoms with Gasteiger partial charge in [-0.15, -0.1) is 0 Å². The summed E-state index contributed by atoms with van der Waals surface area (Å²) in [5.41, 5.74) is 1.27. The molecule has 0 unspecified atom stereocenters. The fourth-order valence-electron chi connectivity index (χ4n) is 2.16. The van der Waals surface area contributed by atoms with Crippen LogP contribution in [0.3, 0.4) is 0 Å². The van der Waals surface area contributed by atoms with Crippen molar-refractivity contribution in [3.8, 4) is 0 Å². The number of aromatic nitrogens is 1. The van der Waals surface area contributed by atoms with Crippen LogP contribution in [0.25, 0.3) is 10.9 Å². The van der Waals surface area contributed by atoms with Gasteiger partial charge in [0, 0.05) is 17.1 Å². The first-order valence-corrected chi connectivity index (χ1v) is 7.70. The van der Waals surface area contributed by atoms with Gasteiger partial charge in [-0.05, 0) is 31.9 Å². The Labute approximate surface area is 136 Å². The van der Waals surface area contributed by atoms with Crippen LogP contribution < -0.4 is 5.32 Å². The lowest BCUT2D eigenvalue weighted by Crippen LogP contribution is -2.44. The Morgan fingerprint density at radius 2 is 1.96 bits per heavy atom. The van der Waals surface area contributed by atoms with Crippen molar-refractivity contribution in [1.82, 2.24) is 10.3 Å². The lowest BCUT2D eigenvalue weighted by atomic mass is 10.0. The number of carbonyl (C=O) groups is 2. The Morgan fingerprint density at radius 3 is 2.70 bits per heavy atom. The first kappa shape index (κ1) is 16.9. The fraction of sp³-hybridized carbons (Fsp3) is 0.389. The van der Waals surface area contributed by atoms with Crippen LogP contribution in [0, 0.1) is 0 Å². The molecule has 1 heterocycles. The first-order chi connectivity index (χ1) is 10.9. The quantitative estimate of drug-likeness (QED) is 0.832. The van der Waals surface area contributed by atoms with Gasteiger partial charge in [0.05, 0.1) is 11.9 Å². The average molecular weight is 314 g/mol. The van der Waals surface area contributed by atoms with Crippen LogP contribution in [-0.2, 0) is 20.7 Å². The highest BCUT2D eigenvalue weighted by Crippen LogP contribution is 2.16. The number of fused-ring (bicyclic) bond motifs is 1. The Morgan fingerprint density at radius 1 is 1.22 bits per heavy atom. The summed E-state index contributed by atoms with van der Waals surface area (Å²) in [5, 5.41) is 3.80. The molecule has 5 nitrogen and oxygen atoms in total. The van der Waals surface area contributed by atoms with Crippen molar-refractivity contribution in [2.24, 2.45) is 0 Å². The van der Waals surface area contributed by atoms with Crippen molar-refractivity contribution in [3.63, 3.8) is 0 Å². The number of nitrogens with zero attached hydrogens (tertiary/aromatic N) is 1. The van der Waals surface area contributed by atoms with Crippen LogP contribution in [0.4, 0.5) is 0 Å². The molecule has 1 N–H and O–H groups in total. The topological polar surface area (TPSA) is 68.3 Å². The van der Waals surface area contributed by atoms with Gasteiger partial charge in [0.25, 0.3) is 5.91 Å². The average Bonchev–Trinajstić information content (AvgIpc) is 2.53. The second kappa shape index (κ2) is 7.22. The lowest BCUT2D eigenvalue weighted by Gasteiger charge is -2.24. The van der Waals surface area contributed by atoms with Gasteiger partial charge in [-0.3, -0.25) is 14.6 Å². The van der Waals surface area contributed by atoms with Crippen molar-refractivity contribution in [3.05, 3.63) is 42.1 Å². The van der Waals surface area contributed by atoms with Gasteiger partial charge in [0.1, 0.15) is 0 Å². The SMILES string of the molecule is CCC(C)(C)NC(=O)COC(=O)Cc1cccc2cccnc12. The Hall–Kier alpha value is -2.43. The molecule has 1 aromatic heterocycles. The number of hydrogen-bond acceptors (Lipinski definition) is 4. The summed E-state index contributed by atoms with van der Waals surface area (Å²) < 4.78 is 5.07. The van der Waals surface area contributed by atoms with E-state index in [-0.39, 0.29) is 24.5 Å². The monoisotopic (exact) mass is 314 g/mol. The summed E-state index contributed by atoms with van der Waals surface area (Å²) >= 11 is 0. The van der Waals surface area contributed by atoms with Crippen LogP contribution in [0.2, 0.25) is 0 Å². The molecule has 23 heavy (non-hydrogen) atoms. The van der Waals surface area contributed by atoms with Gasteiger partial charge < -0.3 is 10.1 Å². The molecule has 1 aromatic carbocycles. The summed E-state index contributed by atoms with van der Waals surface area (Å²) in [6.07, 6.45) is 2.59. The third-order valence-corrected chi connectivity index (χ3v) is 3.78. The van der Waals surface area contributed by atoms with E-state index in [0.29, 0.717) is 0 Å². The van der Waals surface area contributed by atoms with Gasteiger partial charge in [-0.2, -0.15) is 0 Å². The predicted molar refractivity (Wildman–Crippen MR) is 88.9 cm³/mol. The highest BCUT2D eigenvalue weighted by molar-refractivity contribution is 5.87. The zero-order chi connectivity index (χ0) is 16.9. The van der Waals surface area contributed by atoms with Gasteiger partial charge in [-0.1, -0.05) is 31.2 Å². The van der Waals surface area contributed by atoms with E-state index < -0.39 is 5.97 Å². The van der Waals surface area contributed by atoms with E-state index in [1.165, 1.54) is 0 Å². The molecule has 0 fully saturated rings. The molecule has 0 saturated heterocycles. The predicted octanol–water partition coefficient (Wildman–Crippen LogP) is 2.63. The molecule has 0 spiro atoms. The number of ether oxygens (including phenoxy) is 1. The second-order valence-electron chi connectivity index (χ2n) is 6.12. The molecule has 0 aliphatic heterocycles. The first-order valence-electron chi connectivity index (χ1n) is 7.70. The Balaban J connectivity index is 1.93. The van der Waals surface area contributed by atoms with Gasteiger partial charge >= 0.3 is 5.97 Å². The molecule has 2 aromatic rings. The summed E-state index contributed by atoms with van der Waals surface area (Å²) in [5.74, 6) is -0.728. The molecule has 0 atom stereocenters. The van der Waals surface area contributed by atoms with Crippen molar-refractivity contribution >= 4 is 22.8 Å². The number of amides is 1. The minimum atomic E-state index is -0.437. The number of nitrogens with one attached hydrogen (secondary N) is 1. The van der Waals surface area contributed by atoms with Crippen molar-refractivity contribution in [2.75, 3.05) is 6.61 Å². The molecule has 1 amide bonds. The molecule has 0 radical (unpaired) electrons. The summed E-state index contributed by atoms with van der Waals surface area (Å²) in [4.78, 5) is 28.1. The van der Waals surface area contributed by atoms with Crippen LogP contribution in [-0.4, -0.2) is 29.0 Å². The Kier molecular flexibility index (Phi) is 5.32. The maximum absolute atomic E-state index is 12.0. The maximum atomic E-state index is 12.0. The van der Waals surface area contributed by atoms with Crippen molar-refractivity contribution in [1.29, 1.82) is 0 Å². The largest absolute Gasteiger partial charge is 0.455 e. The fourth-order valence-corrected chi connectivity index (χ4v) is 2.16. The van der Waals surface area contributed by atoms with Gasteiger partial charge in [-0.25, -0.2) is 0 Å². The van der Waals surface area contributed by atoms with Crippen molar-refractivity contribution < 1.29 is 14.3 Å². The number of rotatable bonds is 6. The van der Waals surface area contributed by atoms with Crippen molar-refractivity contribution in [2.45, 2.75) is 39.2 Å². The molecule has 0 aliphatic carbocycles. The Bertz CT molecular complexity index is 705. The van der Waals surface area contributed by atoms with E-state index >= 15 is 0 Å². The minimum Gasteiger partial charge on any atom is -0.455 e. The number of para-hydroxylation sites is 1. The van der Waals surface area contributed by atoms with E-state index in [1.54, 1.807) is 6.20 Å². The molecule has 0 saturated carbocycles. The molecule has 122 valence electrons. The van der Waals surface area contributed by atoms with E-state index in [4.69, 9.17) is 4.74 Å². The van der Waals surface area contributed by atoms with E-state index in [1.807, 2.05) is 51.1 Å². The third-order valence-electron chi connectivity index (χ3n) is 3.78. The van der Waals surface area contributed by atoms with Crippen LogP contribution in [0.15, 0.2) is 36.5 Å². The maximum Gasteiger partial charge on any atom is 0.310 e. The third kappa shape index (κ3) is 4.77. The summed E-state index contributed by atoms with van der Waals surface area (Å²) in [7, 11) is 0. The molecule has 2 rings (SSSR count). The normalized spacial score (nSPS) is 11.3. The summed E-state index contributed by atoms with van der Waals surface area (Å²) in [6, 6.07) is 9.46.